The van der Waals surface area contributed by atoms with Crippen LogP contribution in [-0.4, -0.2) is 0 Å². The predicted molar refractivity (Wildman–Crippen MR) is 15.2 cm³/mol. The zero-order valence-electron chi connectivity index (χ0n) is 1.86. The first kappa shape index (κ1) is 9.13. The van der Waals surface area contributed by atoms with Gasteiger partial charge in [0.15, 0.2) is 0 Å². The second-order valence-electron chi connectivity index (χ2n) is 0. The molecule has 0 radical (unpaired) electrons. The third kappa shape index (κ3) is 9.57. The Labute approximate surface area is 51.1 Å². The molecule has 0 aliphatic heterocycles. The molecule has 0 saturated carbocycles. The first-order chi connectivity index (χ1) is 2.00. The summed E-state index contributed by atoms with van der Waals surface area (Å²) in [6, 6.07) is 0. The van der Waals surface area contributed by atoms with Crippen LogP contribution in [-0.2, 0) is 30.7 Å². The molecule has 23 valence electrons. The van der Waals surface area contributed by atoms with Crippen molar-refractivity contribution in [3.63, 3.8) is 0 Å². The molecule has 0 aromatic rings. The molecule has 4 heteroatoms. The van der Waals surface area contributed by atoms with Gasteiger partial charge in [0.1, 0.15) is 0 Å². The van der Waals surface area contributed by atoms with Crippen LogP contribution in [0.5, 0.6) is 0 Å². The van der Waals surface area contributed by atoms with Crippen LogP contribution < -0.4 is 0 Å². The Morgan fingerprint density at radius 3 is 1.25 bits per heavy atom. The van der Waals surface area contributed by atoms with Crippen molar-refractivity contribution in [3.8, 4) is 0 Å². The van der Waals surface area contributed by atoms with Gasteiger partial charge >= 0.3 is 51.4 Å². The molecule has 0 nitrogen and oxygen atoms in total. The molecule has 0 N–H and O–H groups in total. The fourth-order valence-corrected chi connectivity index (χ4v) is 0. The summed E-state index contributed by atoms with van der Waals surface area (Å²) < 4.78 is 0. The van der Waals surface area contributed by atoms with Crippen molar-refractivity contribution in [2.24, 2.45) is 0 Å². The molecule has 0 saturated heterocycles. The van der Waals surface area contributed by atoms with Crippen molar-refractivity contribution in [2.75, 3.05) is 0 Å². The van der Waals surface area contributed by atoms with E-state index in [0.29, 0.717) is 0 Å². The maximum absolute atomic E-state index is 4.21. The van der Waals surface area contributed by atoms with E-state index in [1.54, 1.807) is 0 Å². The number of hydrogen-bond donors (Lipinski definition) is 0. The van der Waals surface area contributed by atoms with Crippen molar-refractivity contribution in [2.45, 2.75) is 0 Å². The summed E-state index contributed by atoms with van der Waals surface area (Å²) in [5.74, 6) is 0. The molecule has 0 bridgehead atoms. The van der Waals surface area contributed by atoms with Crippen LogP contribution in [0, 0.1) is 0 Å². The van der Waals surface area contributed by atoms with E-state index < -0.39 is 0 Å². The summed E-state index contributed by atoms with van der Waals surface area (Å²) in [6.07, 6.45) is 0. The third-order valence-electron chi connectivity index (χ3n) is 0. The van der Waals surface area contributed by atoms with Crippen LogP contribution in [0.15, 0.2) is 0 Å². The van der Waals surface area contributed by atoms with E-state index in [4.69, 9.17) is 0 Å². The first-order valence-corrected chi connectivity index (χ1v) is 6.18. The van der Waals surface area contributed by atoms with Gasteiger partial charge in [0.25, 0.3) is 0 Å². The van der Waals surface area contributed by atoms with Gasteiger partial charge in [-0.05, 0) is 0 Å². The zero-order valence-corrected chi connectivity index (χ0v) is 7.50. The molecule has 0 heterocycles. The average molecular weight is 188 g/mol. The van der Waals surface area contributed by atoms with Crippen molar-refractivity contribution in [1.82, 2.24) is 0 Å². The van der Waals surface area contributed by atoms with Crippen LogP contribution in [0.3, 0.4) is 0 Å². The molecular formula is CoS2Zn. The molecule has 4 heavy (non-hydrogen) atoms. The summed E-state index contributed by atoms with van der Waals surface area (Å²) in [5, 5.41) is 0. The SMILES string of the molecule is [S]=[Co].[S]=[Zn]. The molecular weight excluding hydrogens is 188 g/mol. The molecule has 0 aliphatic carbocycles. The van der Waals surface area contributed by atoms with Gasteiger partial charge in [0, 0.05) is 0 Å². The van der Waals surface area contributed by atoms with E-state index in [1.807, 2.05) is 0 Å². The molecule has 0 atom stereocenters. The van der Waals surface area contributed by atoms with Crippen molar-refractivity contribution >= 4 is 20.7 Å². The van der Waals surface area contributed by atoms with E-state index in [1.165, 1.54) is 0 Å². The van der Waals surface area contributed by atoms with Gasteiger partial charge in [-0.25, -0.2) is 0 Å². The molecule has 0 aromatic carbocycles. The Morgan fingerprint density at radius 2 is 1.25 bits per heavy atom. The van der Waals surface area contributed by atoms with E-state index in [9.17, 15) is 0 Å². The summed E-state index contributed by atoms with van der Waals surface area (Å²) >= 11 is 4.10. The Bertz CT molecular complexity index is 8.00. The van der Waals surface area contributed by atoms with Crippen molar-refractivity contribution < 1.29 is 30.7 Å². The van der Waals surface area contributed by atoms with Crippen LogP contribution in [0.4, 0.5) is 0 Å². The summed E-state index contributed by atoms with van der Waals surface area (Å²) in [7, 11) is 7.98. The molecule has 0 unspecified atom stereocenters. The fraction of sp³-hybridized carbons (Fsp3) is 0. The second-order valence-corrected chi connectivity index (χ2v) is 0. The Morgan fingerprint density at radius 1 is 1.25 bits per heavy atom. The van der Waals surface area contributed by atoms with E-state index >= 15 is 0 Å². The van der Waals surface area contributed by atoms with Gasteiger partial charge in [-0.1, -0.05) is 0 Å². The molecule has 0 rings (SSSR count). The summed E-state index contributed by atoms with van der Waals surface area (Å²) in [6.45, 7) is 0. The number of hydrogen-bond acceptors (Lipinski definition) is 2. The van der Waals surface area contributed by atoms with E-state index in [2.05, 4.69) is 34.8 Å². The van der Waals surface area contributed by atoms with Crippen LogP contribution in [0.1, 0.15) is 0 Å². The second kappa shape index (κ2) is 23.6. The van der Waals surface area contributed by atoms with Gasteiger partial charge in [0.2, 0.25) is 0 Å². The van der Waals surface area contributed by atoms with Crippen molar-refractivity contribution in [1.29, 1.82) is 0 Å². The summed E-state index contributed by atoms with van der Waals surface area (Å²) in [4.78, 5) is 0. The van der Waals surface area contributed by atoms with E-state index in [-0.39, 0.29) is 0 Å². The van der Waals surface area contributed by atoms with E-state index in [0.717, 1.165) is 16.6 Å². The summed E-state index contributed by atoms with van der Waals surface area (Å²) in [5.41, 5.74) is 0. The maximum atomic E-state index is 4.21. The number of rotatable bonds is 0. The molecule has 0 aromatic heterocycles. The topological polar surface area (TPSA) is 0 Å². The van der Waals surface area contributed by atoms with Crippen LogP contribution >= 0.6 is 20.7 Å². The van der Waals surface area contributed by atoms with Gasteiger partial charge in [-0.2, -0.15) is 0 Å². The molecule has 0 aliphatic rings. The third-order valence-corrected chi connectivity index (χ3v) is 0. The van der Waals surface area contributed by atoms with Gasteiger partial charge < -0.3 is 0 Å². The molecule has 0 amide bonds. The monoisotopic (exact) mass is 187 g/mol. The Hall–Kier alpha value is 1.57. The van der Waals surface area contributed by atoms with Crippen molar-refractivity contribution in [3.05, 3.63) is 0 Å². The minimum atomic E-state index is 0.958. The Balaban J connectivity index is 0. The quantitative estimate of drug-likeness (QED) is 0.526. The Kier molecular flexibility index (Phi) is 53.9. The fourth-order valence-electron chi connectivity index (χ4n) is 0. The zero-order chi connectivity index (χ0) is 4.00. The average Bonchev–Trinajstić information content (AvgIpc) is 1.50. The molecule has 0 spiro atoms. The van der Waals surface area contributed by atoms with Gasteiger partial charge in [0.05, 0.1) is 0 Å². The van der Waals surface area contributed by atoms with Crippen LogP contribution in [0.2, 0.25) is 0 Å². The molecule has 0 fully saturated rings. The predicted octanol–water partition coefficient (Wildman–Crippen LogP) is 1.29. The minimum absolute atomic E-state index is 0.958. The normalized spacial score (nSPS) is 2.75. The van der Waals surface area contributed by atoms with Crippen LogP contribution in [0.25, 0.3) is 0 Å². The van der Waals surface area contributed by atoms with Gasteiger partial charge in [-0.15, -0.1) is 0 Å². The van der Waals surface area contributed by atoms with Gasteiger partial charge in [-0.3, -0.25) is 0 Å². The standard InChI is InChI=1S/Co.2S.Zn. The first-order valence-electron chi connectivity index (χ1n) is 0.425.